The zero-order valence-corrected chi connectivity index (χ0v) is 18.8. The molecule has 2 amide bonds. The average molecular weight is 489 g/mol. The molecule has 3 atom stereocenters. The Labute approximate surface area is 197 Å². The SMILES string of the molecule is O=C(Cc1cccs1)N[C@@H]1C(=O)N2C(C(=O)O)=C(COC(=O)C(O)c3ccccc3)CS[C@H]12. The zero-order chi connectivity index (χ0) is 23.5. The molecule has 9 nitrogen and oxygen atoms in total. The molecule has 1 fully saturated rings. The number of aliphatic hydroxyl groups excluding tert-OH is 1. The molecule has 2 aliphatic rings. The fourth-order valence-electron chi connectivity index (χ4n) is 3.60. The van der Waals surface area contributed by atoms with Crippen LogP contribution in [0.15, 0.2) is 59.1 Å². The van der Waals surface area contributed by atoms with Crippen LogP contribution >= 0.6 is 23.1 Å². The number of amides is 2. The second-order valence-electron chi connectivity index (χ2n) is 7.39. The number of carbonyl (C=O) groups is 4. The summed E-state index contributed by atoms with van der Waals surface area (Å²) in [5.74, 6) is -2.89. The van der Waals surface area contributed by atoms with E-state index < -0.39 is 35.4 Å². The van der Waals surface area contributed by atoms with E-state index in [1.807, 2.05) is 17.5 Å². The molecule has 0 bridgehead atoms. The van der Waals surface area contributed by atoms with E-state index in [4.69, 9.17) is 4.74 Å². The molecule has 0 aliphatic carbocycles. The third kappa shape index (κ3) is 4.80. The third-order valence-corrected chi connectivity index (χ3v) is 7.42. The van der Waals surface area contributed by atoms with E-state index in [2.05, 4.69) is 5.32 Å². The molecule has 2 aliphatic heterocycles. The number of carboxylic acid groups (broad SMARTS) is 1. The Bertz CT molecular complexity index is 1100. The summed E-state index contributed by atoms with van der Waals surface area (Å²) in [5.41, 5.74) is 0.343. The Morgan fingerprint density at radius 1 is 1.18 bits per heavy atom. The lowest BCUT2D eigenvalue weighted by molar-refractivity contribution is -0.153. The molecule has 3 heterocycles. The van der Waals surface area contributed by atoms with E-state index in [1.54, 1.807) is 30.3 Å². The van der Waals surface area contributed by atoms with E-state index in [1.165, 1.54) is 23.1 Å². The molecule has 33 heavy (non-hydrogen) atoms. The first-order chi connectivity index (χ1) is 15.9. The number of nitrogens with one attached hydrogen (secondary N) is 1. The Morgan fingerprint density at radius 2 is 1.94 bits per heavy atom. The summed E-state index contributed by atoms with van der Waals surface area (Å²) in [7, 11) is 0. The number of esters is 1. The summed E-state index contributed by atoms with van der Waals surface area (Å²) < 4.78 is 5.14. The summed E-state index contributed by atoms with van der Waals surface area (Å²) in [6.45, 7) is -0.372. The highest BCUT2D eigenvalue weighted by Crippen LogP contribution is 2.40. The van der Waals surface area contributed by atoms with Gasteiger partial charge in [0.05, 0.1) is 6.42 Å². The number of benzene rings is 1. The van der Waals surface area contributed by atoms with Gasteiger partial charge >= 0.3 is 11.9 Å². The molecule has 11 heteroatoms. The molecule has 2 aromatic rings. The van der Waals surface area contributed by atoms with Crippen molar-refractivity contribution in [3.05, 3.63) is 69.6 Å². The van der Waals surface area contributed by atoms with Gasteiger partial charge in [0.25, 0.3) is 5.91 Å². The highest BCUT2D eigenvalue weighted by atomic mass is 32.2. The van der Waals surface area contributed by atoms with Crippen LogP contribution in [0.1, 0.15) is 16.5 Å². The Balaban J connectivity index is 1.41. The van der Waals surface area contributed by atoms with Crippen molar-refractivity contribution in [3.63, 3.8) is 0 Å². The highest BCUT2D eigenvalue weighted by molar-refractivity contribution is 8.00. The van der Waals surface area contributed by atoms with Gasteiger partial charge in [0.15, 0.2) is 6.10 Å². The quantitative estimate of drug-likeness (QED) is 0.374. The predicted molar refractivity (Wildman–Crippen MR) is 120 cm³/mol. The van der Waals surface area contributed by atoms with Crippen LogP contribution in [0, 0.1) is 0 Å². The van der Waals surface area contributed by atoms with Gasteiger partial charge in [-0.1, -0.05) is 36.4 Å². The number of thiophene rings is 1. The van der Waals surface area contributed by atoms with Gasteiger partial charge in [-0.25, -0.2) is 9.59 Å². The number of β-lactam (4-membered cyclic amide) rings is 1. The molecule has 0 saturated carbocycles. The molecule has 172 valence electrons. The Kier molecular flexibility index (Phi) is 6.82. The minimum atomic E-state index is -1.50. The van der Waals surface area contributed by atoms with Crippen molar-refractivity contribution in [2.45, 2.75) is 23.9 Å². The second-order valence-corrected chi connectivity index (χ2v) is 9.53. The van der Waals surface area contributed by atoms with Crippen LogP contribution in [0.25, 0.3) is 0 Å². The van der Waals surface area contributed by atoms with Gasteiger partial charge in [-0.2, -0.15) is 0 Å². The number of rotatable bonds is 8. The lowest BCUT2D eigenvalue weighted by atomic mass is 10.0. The molecular weight excluding hydrogens is 468 g/mol. The molecule has 0 spiro atoms. The molecule has 1 aromatic carbocycles. The first kappa shape index (κ1) is 23.0. The zero-order valence-electron chi connectivity index (χ0n) is 17.2. The number of hydrogen-bond donors (Lipinski definition) is 3. The third-order valence-electron chi connectivity index (χ3n) is 5.21. The normalized spacial score (nSPS) is 20.5. The summed E-state index contributed by atoms with van der Waals surface area (Å²) >= 11 is 2.71. The minimum Gasteiger partial charge on any atom is -0.477 e. The Morgan fingerprint density at radius 3 is 2.61 bits per heavy atom. The van der Waals surface area contributed by atoms with Crippen LogP contribution in [-0.4, -0.2) is 62.6 Å². The van der Waals surface area contributed by atoms with Gasteiger partial charge in [0.2, 0.25) is 5.91 Å². The number of carboxylic acids is 1. The fourth-order valence-corrected chi connectivity index (χ4v) is 5.63. The number of thioether (sulfide) groups is 1. The largest absolute Gasteiger partial charge is 0.477 e. The monoisotopic (exact) mass is 488 g/mol. The maximum absolute atomic E-state index is 12.7. The van der Waals surface area contributed by atoms with E-state index in [-0.39, 0.29) is 36.0 Å². The van der Waals surface area contributed by atoms with Crippen LogP contribution in [0.5, 0.6) is 0 Å². The van der Waals surface area contributed by atoms with Crippen molar-refractivity contribution in [2.75, 3.05) is 12.4 Å². The number of hydrogen-bond acceptors (Lipinski definition) is 8. The van der Waals surface area contributed by atoms with Crippen LogP contribution in [-0.2, 0) is 30.3 Å². The van der Waals surface area contributed by atoms with E-state index in [9.17, 15) is 29.4 Å². The topological polar surface area (TPSA) is 133 Å². The minimum absolute atomic E-state index is 0.144. The van der Waals surface area contributed by atoms with E-state index in [0.29, 0.717) is 5.56 Å². The number of ether oxygens (including phenoxy) is 1. The first-order valence-electron chi connectivity index (χ1n) is 9.98. The Hall–Kier alpha value is -3.15. The fraction of sp³-hybridized carbons (Fsp3) is 0.273. The molecule has 1 saturated heterocycles. The van der Waals surface area contributed by atoms with Gasteiger partial charge in [0.1, 0.15) is 23.7 Å². The van der Waals surface area contributed by atoms with Gasteiger partial charge in [-0.15, -0.1) is 23.1 Å². The summed E-state index contributed by atoms with van der Waals surface area (Å²) in [6, 6.07) is 11.0. The number of fused-ring (bicyclic) bond motifs is 1. The molecule has 1 unspecified atom stereocenters. The molecule has 0 radical (unpaired) electrons. The number of aliphatic hydroxyl groups is 1. The van der Waals surface area contributed by atoms with Crippen molar-refractivity contribution >= 4 is 46.9 Å². The molecule has 1 aromatic heterocycles. The summed E-state index contributed by atoms with van der Waals surface area (Å²) in [4.78, 5) is 51.1. The second kappa shape index (κ2) is 9.77. The van der Waals surface area contributed by atoms with Crippen molar-refractivity contribution in [1.82, 2.24) is 10.2 Å². The lowest BCUT2D eigenvalue weighted by Gasteiger charge is -2.49. The van der Waals surface area contributed by atoms with E-state index >= 15 is 0 Å². The van der Waals surface area contributed by atoms with Crippen molar-refractivity contribution in [1.29, 1.82) is 0 Å². The number of aliphatic carboxylic acids is 1. The van der Waals surface area contributed by atoms with E-state index in [0.717, 1.165) is 9.78 Å². The maximum Gasteiger partial charge on any atom is 0.352 e. The maximum atomic E-state index is 12.7. The smallest absolute Gasteiger partial charge is 0.352 e. The van der Waals surface area contributed by atoms with Crippen LogP contribution in [0.2, 0.25) is 0 Å². The summed E-state index contributed by atoms with van der Waals surface area (Å²) in [5, 5.41) is 23.8. The van der Waals surface area contributed by atoms with Crippen molar-refractivity contribution in [2.24, 2.45) is 0 Å². The molecule has 4 rings (SSSR count). The van der Waals surface area contributed by atoms with Gasteiger partial charge in [-0.05, 0) is 17.0 Å². The lowest BCUT2D eigenvalue weighted by Crippen LogP contribution is -2.70. The van der Waals surface area contributed by atoms with Gasteiger partial charge in [0, 0.05) is 16.2 Å². The number of carbonyl (C=O) groups excluding carboxylic acids is 3. The van der Waals surface area contributed by atoms with Crippen molar-refractivity contribution < 1.29 is 34.1 Å². The van der Waals surface area contributed by atoms with Gasteiger partial charge in [-0.3, -0.25) is 14.5 Å². The molecule has 3 N–H and O–H groups in total. The van der Waals surface area contributed by atoms with Crippen molar-refractivity contribution in [3.8, 4) is 0 Å². The standard InChI is InChI=1S/C22H20N2O7S2/c25-15(9-14-7-4-8-32-14)23-16-19(27)24-17(21(28)29)13(11-33-20(16)24)10-31-22(30)18(26)12-5-2-1-3-6-12/h1-8,16,18,20,26H,9-11H2,(H,23,25)(H,28,29)/t16-,18?,20-/m1/s1. The number of nitrogens with zero attached hydrogens (tertiary/aromatic N) is 1. The first-order valence-corrected chi connectivity index (χ1v) is 11.9. The summed E-state index contributed by atoms with van der Waals surface area (Å²) in [6.07, 6.45) is -1.36. The van der Waals surface area contributed by atoms with Crippen LogP contribution in [0.3, 0.4) is 0 Å². The average Bonchev–Trinajstić information content (AvgIpc) is 3.33. The van der Waals surface area contributed by atoms with Gasteiger partial charge < -0.3 is 20.3 Å². The van der Waals surface area contributed by atoms with Crippen LogP contribution < -0.4 is 5.32 Å². The predicted octanol–water partition coefficient (Wildman–Crippen LogP) is 1.31. The van der Waals surface area contributed by atoms with Crippen LogP contribution in [0.4, 0.5) is 0 Å². The molecular formula is C22H20N2O7S2. The highest BCUT2D eigenvalue weighted by Gasteiger charge is 2.54.